The van der Waals surface area contributed by atoms with Gasteiger partial charge in [0.05, 0.1) is 0 Å². The molecule has 0 radical (unpaired) electrons. The van der Waals surface area contributed by atoms with Crippen LogP contribution in [0, 0.1) is 0 Å². The molecule has 0 unspecified atom stereocenters. The summed E-state index contributed by atoms with van der Waals surface area (Å²) in [6, 6.07) is 0. The molecule has 3 N–H and O–H groups in total. The number of hydrogen-bond acceptors (Lipinski definition) is 1. The minimum Gasteiger partial charge on any atom is -0.465 e. The molecule has 3 nitrogen and oxygen atoms in total. The van der Waals surface area contributed by atoms with E-state index in [0.717, 1.165) is 0 Å². The minimum absolute atomic E-state index is 0. The van der Waals surface area contributed by atoms with Crippen molar-refractivity contribution in [2.75, 3.05) is 0 Å². The van der Waals surface area contributed by atoms with Gasteiger partial charge in [0.15, 0.2) is 0 Å². The summed E-state index contributed by atoms with van der Waals surface area (Å²) in [7, 11) is 0. The van der Waals surface area contributed by atoms with Gasteiger partial charge in [-0.25, -0.2) is 4.79 Å². The molecule has 4 heteroatoms. The van der Waals surface area contributed by atoms with Crippen LogP contribution < -0.4 is 5.73 Å². The Morgan fingerprint density at radius 2 is 1.80 bits per heavy atom. The van der Waals surface area contributed by atoms with E-state index in [1.165, 1.54) is 0 Å². The minimum atomic E-state index is -1.33. The van der Waals surface area contributed by atoms with Crippen LogP contribution in [0.15, 0.2) is 0 Å². The van der Waals surface area contributed by atoms with E-state index in [-0.39, 0.29) is 27.7 Å². The van der Waals surface area contributed by atoms with Crippen LogP contribution in [0.1, 0.15) is 0 Å². The summed E-state index contributed by atoms with van der Waals surface area (Å²) >= 11 is 0. The average molecular weight is 262 g/mol. The van der Waals surface area contributed by atoms with E-state index in [2.05, 4.69) is 5.73 Å². The summed E-state index contributed by atoms with van der Waals surface area (Å²) < 4.78 is 0. The second-order valence-electron chi connectivity index (χ2n) is 0.338. The predicted octanol–water partition coefficient (Wildman–Crippen LogP) is -0.379. The monoisotopic (exact) mass is 263 g/mol. The van der Waals surface area contributed by atoms with Crippen LogP contribution in [-0.2, 0) is 27.7 Å². The van der Waals surface area contributed by atoms with Crippen LogP contribution in [0.2, 0.25) is 0 Å². The molecule has 0 rings (SSSR count). The van der Waals surface area contributed by atoms with Gasteiger partial charge >= 0.3 is 6.09 Å². The molecule has 0 spiro atoms. The fourth-order valence-electron chi connectivity index (χ4n) is 0. The molecule has 0 aromatic carbocycles. The molecule has 0 aromatic heterocycles. The van der Waals surface area contributed by atoms with E-state index in [1.54, 1.807) is 0 Å². The van der Waals surface area contributed by atoms with Gasteiger partial charge < -0.3 is 10.8 Å². The largest absolute Gasteiger partial charge is 0.465 e. The maximum Gasteiger partial charge on any atom is 0.402 e. The first-order valence-electron chi connectivity index (χ1n) is 0.716. The number of carboxylic acid groups (broad SMARTS) is 1. The van der Waals surface area contributed by atoms with Crippen molar-refractivity contribution in [1.29, 1.82) is 0 Å². The normalized spacial score (nSPS) is 4.80. The third-order valence-electron chi connectivity index (χ3n) is 0. The number of nitrogens with two attached hydrogens (primary N) is 1. The van der Waals surface area contributed by atoms with Crippen molar-refractivity contribution in [2.45, 2.75) is 0 Å². The SMILES string of the molecule is NC(=O)O.[Hg]. The van der Waals surface area contributed by atoms with Crippen LogP contribution in [-0.4, -0.2) is 11.2 Å². The third-order valence-corrected chi connectivity index (χ3v) is 0. The maximum atomic E-state index is 8.78. The number of primary amides is 1. The van der Waals surface area contributed by atoms with E-state index < -0.39 is 6.09 Å². The van der Waals surface area contributed by atoms with Gasteiger partial charge in [-0.15, -0.1) is 0 Å². The molecule has 0 atom stereocenters. The molecule has 0 aromatic rings. The van der Waals surface area contributed by atoms with Gasteiger partial charge in [0, 0.05) is 27.7 Å². The fourth-order valence-corrected chi connectivity index (χ4v) is 0. The molecule has 0 bridgehead atoms. The van der Waals surface area contributed by atoms with E-state index in [9.17, 15) is 0 Å². The molecule has 0 fully saturated rings. The third kappa shape index (κ3) is 486. The molecule has 5 heavy (non-hydrogen) atoms. The van der Waals surface area contributed by atoms with Crippen molar-refractivity contribution in [3.63, 3.8) is 0 Å². The summed E-state index contributed by atoms with van der Waals surface area (Å²) in [6.45, 7) is 0. The van der Waals surface area contributed by atoms with Crippen molar-refractivity contribution < 1.29 is 37.6 Å². The Labute approximate surface area is 49.7 Å². The second kappa shape index (κ2) is 4.21. The van der Waals surface area contributed by atoms with Crippen LogP contribution in [0.5, 0.6) is 0 Å². The summed E-state index contributed by atoms with van der Waals surface area (Å²) in [4.78, 5) is 8.78. The van der Waals surface area contributed by atoms with E-state index in [4.69, 9.17) is 9.90 Å². The van der Waals surface area contributed by atoms with Crippen LogP contribution in [0.25, 0.3) is 0 Å². The summed E-state index contributed by atoms with van der Waals surface area (Å²) in [5.41, 5.74) is 4.03. The zero-order chi connectivity index (χ0) is 3.58. The van der Waals surface area contributed by atoms with Crippen molar-refractivity contribution in [2.24, 2.45) is 5.73 Å². The Balaban J connectivity index is 0. The maximum absolute atomic E-state index is 8.78. The van der Waals surface area contributed by atoms with E-state index >= 15 is 0 Å². The molecule has 1 amide bonds. The van der Waals surface area contributed by atoms with Crippen molar-refractivity contribution in [3.8, 4) is 0 Å². The summed E-state index contributed by atoms with van der Waals surface area (Å²) in [6.07, 6.45) is -1.33. The quantitative estimate of drug-likeness (QED) is 0.584. The van der Waals surface area contributed by atoms with Gasteiger partial charge in [-0.1, -0.05) is 0 Å². The zero-order valence-corrected chi connectivity index (χ0v) is 8.14. The second-order valence-corrected chi connectivity index (χ2v) is 0.338. The van der Waals surface area contributed by atoms with Gasteiger partial charge in [0.1, 0.15) is 0 Å². The first kappa shape index (κ1) is 8.96. The molecule has 0 heterocycles. The Hall–Kier alpha value is 0.205. The Kier molecular flexibility index (Phi) is 7.54. The Morgan fingerprint density at radius 1 is 1.80 bits per heavy atom. The van der Waals surface area contributed by atoms with Gasteiger partial charge in [0.25, 0.3) is 0 Å². The molecule has 0 saturated heterocycles. The smallest absolute Gasteiger partial charge is 0.402 e. The Bertz CT molecular complexity index is 32.6. The average Bonchev–Trinajstić information content (AvgIpc) is 0.811. The molecule has 0 saturated carbocycles. The topological polar surface area (TPSA) is 63.3 Å². The zero-order valence-electron chi connectivity index (χ0n) is 2.64. The van der Waals surface area contributed by atoms with Crippen LogP contribution in [0.3, 0.4) is 0 Å². The summed E-state index contributed by atoms with van der Waals surface area (Å²) in [5, 5.41) is 7.19. The molecule has 26 valence electrons. The number of amides is 1. The standard InChI is InChI=1S/CH3NO2.Hg/c2-1(3)4;/h2H2,(H,3,4);. The van der Waals surface area contributed by atoms with Crippen LogP contribution in [0.4, 0.5) is 4.79 Å². The molecular weight excluding hydrogens is 259 g/mol. The number of carbonyl (C=O) groups is 1. The van der Waals surface area contributed by atoms with Gasteiger partial charge in [-0.05, 0) is 0 Å². The molecular formula is CH3HgNO2. The first-order valence-corrected chi connectivity index (χ1v) is 0.716. The number of rotatable bonds is 0. The van der Waals surface area contributed by atoms with Gasteiger partial charge in [-0.2, -0.15) is 0 Å². The Morgan fingerprint density at radius 3 is 1.80 bits per heavy atom. The van der Waals surface area contributed by atoms with Gasteiger partial charge in [0.2, 0.25) is 0 Å². The molecule has 0 aliphatic rings. The fraction of sp³-hybridized carbons (Fsp3) is 0. The van der Waals surface area contributed by atoms with Gasteiger partial charge in [-0.3, -0.25) is 0 Å². The van der Waals surface area contributed by atoms with Crippen molar-refractivity contribution in [1.82, 2.24) is 0 Å². The number of hydrogen-bond donors (Lipinski definition) is 2. The summed E-state index contributed by atoms with van der Waals surface area (Å²) in [5.74, 6) is 0. The van der Waals surface area contributed by atoms with Crippen molar-refractivity contribution >= 4 is 6.09 Å². The van der Waals surface area contributed by atoms with Crippen LogP contribution >= 0.6 is 0 Å². The van der Waals surface area contributed by atoms with E-state index in [0.29, 0.717) is 0 Å². The molecule has 0 aliphatic heterocycles. The predicted molar refractivity (Wildman–Crippen MR) is 12.2 cm³/mol. The molecule has 0 aliphatic carbocycles. The van der Waals surface area contributed by atoms with E-state index in [1.807, 2.05) is 0 Å². The first-order chi connectivity index (χ1) is 1.73. The van der Waals surface area contributed by atoms with Crippen molar-refractivity contribution in [3.05, 3.63) is 0 Å².